The van der Waals surface area contributed by atoms with Crippen molar-refractivity contribution in [2.75, 3.05) is 5.32 Å². The Labute approximate surface area is 125 Å². The van der Waals surface area contributed by atoms with E-state index in [1.54, 1.807) is 6.07 Å². The van der Waals surface area contributed by atoms with Crippen LogP contribution in [0.2, 0.25) is 0 Å². The van der Waals surface area contributed by atoms with Crippen LogP contribution in [0.3, 0.4) is 0 Å². The molecule has 0 bridgehead atoms. The number of hydrogen-bond acceptors (Lipinski definition) is 2. The molecule has 0 radical (unpaired) electrons. The van der Waals surface area contributed by atoms with Gasteiger partial charge in [-0.25, -0.2) is 0 Å². The third-order valence-electron chi connectivity index (χ3n) is 4.81. The predicted molar refractivity (Wildman–Crippen MR) is 82.3 cm³/mol. The second kappa shape index (κ2) is 5.17. The molecule has 1 fully saturated rings. The Morgan fingerprint density at radius 1 is 1.33 bits per heavy atom. The Morgan fingerprint density at radius 3 is 2.90 bits per heavy atom. The maximum absolute atomic E-state index is 12.5. The van der Waals surface area contributed by atoms with Crippen molar-refractivity contribution in [2.45, 2.75) is 52.0 Å². The number of hydrogen-bond donors (Lipinski definition) is 2. The lowest BCUT2D eigenvalue weighted by Gasteiger charge is -2.39. The first-order valence-electron chi connectivity index (χ1n) is 7.69. The highest BCUT2D eigenvalue weighted by Gasteiger charge is 2.33. The van der Waals surface area contributed by atoms with Gasteiger partial charge in [-0.3, -0.25) is 9.59 Å². The normalized spacial score (nSPS) is 23.3. The smallest absolute Gasteiger partial charge is 0.251 e. The molecular formula is C17H22N2O2. The van der Waals surface area contributed by atoms with Gasteiger partial charge in [-0.05, 0) is 42.0 Å². The van der Waals surface area contributed by atoms with Crippen LogP contribution in [-0.4, -0.2) is 17.9 Å². The molecule has 112 valence electrons. The minimum atomic E-state index is -0.0304. The topological polar surface area (TPSA) is 58.2 Å². The summed E-state index contributed by atoms with van der Waals surface area (Å²) >= 11 is 0. The molecule has 1 aliphatic heterocycles. The van der Waals surface area contributed by atoms with Gasteiger partial charge >= 0.3 is 0 Å². The lowest BCUT2D eigenvalue weighted by Crippen LogP contribution is -2.46. The van der Waals surface area contributed by atoms with Gasteiger partial charge in [0.25, 0.3) is 5.91 Å². The van der Waals surface area contributed by atoms with E-state index in [2.05, 4.69) is 24.5 Å². The summed E-state index contributed by atoms with van der Waals surface area (Å²) in [5, 5.41) is 5.97. The molecule has 1 aromatic rings. The fourth-order valence-corrected chi connectivity index (χ4v) is 3.37. The third kappa shape index (κ3) is 2.80. The van der Waals surface area contributed by atoms with Crippen molar-refractivity contribution in [1.29, 1.82) is 0 Å². The quantitative estimate of drug-likeness (QED) is 0.878. The van der Waals surface area contributed by atoms with E-state index in [1.165, 1.54) is 12.8 Å². The van der Waals surface area contributed by atoms with E-state index in [0.29, 0.717) is 12.0 Å². The Bertz CT molecular complexity index is 592. The van der Waals surface area contributed by atoms with Crippen molar-refractivity contribution in [2.24, 2.45) is 5.41 Å². The molecule has 2 amide bonds. The number of carbonyl (C=O) groups excluding carboxylic acids is 2. The summed E-state index contributed by atoms with van der Waals surface area (Å²) in [6.07, 6.45) is 4.98. The molecule has 2 N–H and O–H groups in total. The van der Waals surface area contributed by atoms with Gasteiger partial charge < -0.3 is 10.6 Å². The molecule has 4 nitrogen and oxygen atoms in total. The highest BCUT2D eigenvalue weighted by molar-refractivity contribution is 6.01. The van der Waals surface area contributed by atoms with E-state index < -0.39 is 0 Å². The van der Waals surface area contributed by atoms with Crippen LogP contribution in [0.5, 0.6) is 0 Å². The fourth-order valence-electron chi connectivity index (χ4n) is 3.37. The Balaban J connectivity index is 1.74. The fraction of sp³-hybridized carbons (Fsp3) is 0.529. The van der Waals surface area contributed by atoms with E-state index >= 15 is 0 Å². The summed E-state index contributed by atoms with van der Waals surface area (Å²) in [7, 11) is 0. The van der Waals surface area contributed by atoms with Crippen LogP contribution in [0.25, 0.3) is 0 Å². The molecule has 0 aromatic heterocycles. The molecule has 3 rings (SSSR count). The zero-order chi connectivity index (χ0) is 15.0. The number of fused-ring (bicyclic) bond motifs is 1. The maximum atomic E-state index is 12.5. The van der Waals surface area contributed by atoms with Crippen LogP contribution >= 0.6 is 0 Å². The van der Waals surface area contributed by atoms with Gasteiger partial charge in [-0.15, -0.1) is 0 Å². The van der Waals surface area contributed by atoms with E-state index in [-0.39, 0.29) is 23.3 Å². The number of anilines is 1. The molecule has 1 aromatic carbocycles. The van der Waals surface area contributed by atoms with Crippen LogP contribution < -0.4 is 10.6 Å². The molecule has 2 aliphatic rings. The zero-order valence-electron chi connectivity index (χ0n) is 12.7. The first kappa shape index (κ1) is 14.1. The number of benzene rings is 1. The van der Waals surface area contributed by atoms with Gasteiger partial charge in [0.15, 0.2) is 0 Å². The average Bonchev–Trinajstić information content (AvgIpc) is 2.80. The highest BCUT2D eigenvalue weighted by atomic mass is 16.2. The van der Waals surface area contributed by atoms with E-state index in [1.807, 2.05) is 12.1 Å². The molecule has 21 heavy (non-hydrogen) atoms. The van der Waals surface area contributed by atoms with Crippen LogP contribution in [0, 0.1) is 5.41 Å². The minimum absolute atomic E-state index is 0.00373. The summed E-state index contributed by atoms with van der Waals surface area (Å²) in [5.41, 5.74) is 2.54. The lowest BCUT2D eigenvalue weighted by molar-refractivity contribution is -0.115. The van der Waals surface area contributed by atoms with Crippen molar-refractivity contribution in [3.8, 4) is 0 Å². The summed E-state index contributed by atoms with van der Waals surface area (Å²) in [5.74, 6) is -0.0342. The predicted octanol–water partition coefficient (Wildman–Crippen LogP) is 2.88. The maximum Gasteiger partial charge on any atom is 0.251 e. The van der Waals surface area contributed by atoms with Crippen LogP contribution in [0.4, 0.5) is 5.69 Å². The first-order chi connectivity index (χ1) is 9.95. The van der Waals surface area contributed by atoms with Crippen molar-refractivity contribution < 1.29 is 9.59 Å². The van der Waals surface area contributed by atoms with Gasteiger partial charge in [-0.1, -0.05) is 26.7 Å². The van der Waals surface area contributed by atoms with Gasteiger partial charge in [0.05, 0.1) is 6.42 Å². The number of rotatable bonds is 2. The van der Waals surface area contributed by atoms with E-state index in [0.717, 1.165) is 24.1 Å². The van der Waals surface area contributed by atoms with Crippen LogP contribution in [0.1, 0.15) is 55.5 Å². The summed E-state index contributed by atoms with van der Waals surface area (Å²) < 4.78 is 0. The van der Waals surface area contributed by atoms with Gasteiger partial charge in [0.1, 0.15) is 0 Å². The molecule has 1 saturated carbocycles. The largest absolute Gasteiger partial charge is 0.349 e. The monoisotopic (exact) mass is 286 g/mol. The second-order valence-corrected chi connectivity index (χ2v) is 6.86. The van der Waals surface area contributed by atoms with Crippen molar-refractivity contribution in [3.63, 3.8) is 0 Å². The van der Waals surface area contributed by atoms with E-state index in [9.17, 15) is 9.59 Å². The number of carbonyl (C=O) groups is 2. The highest BCUT2D eigenvalue weighted by Crippen LogP contribution is 2.35. The van der Waals surface area contributed by atoms with Crippen LogP contribution in [-0.2, 0) is 11.2 Å². The van der Waals surface area contributed by atoms with Crippen LogP contribution in [0.15, 0.2) is 18.2 Å². The molecule has 4 heteroatoms. The number of nitrogens with one attached hydrogen (secondary N) is 2. The van der Waals surface area contributed by atoms with Crippen molar-refractivity contribution in [1.82, 2.24) is 5.32 Å². The van der Waals surface area contributed by atoms with Gasteiger partial charge in [-0.2, -0.15) is 0 Å². The van der Waals surface area contributed by atoms with E-state index in [4.69, 9.17) is 0 Å². The molecule has 0 spiro atoms. The molecule has 1 aliphatic carbocycles. The second-order valence-electron chi connectivity index (χ2n) is 6.86. The third-order valence-corrected chi connectivity index (χ3v) is 4.81. The average molecular weight is 286 g/mol. The van der Waals surface area contributed by atoms with Crippen molar-refractivity contribution >= 4 is 17.5 Å². The molecule has 1 atom stereocenters. The number of amides is 2. The lowest BCUT2D eigenvalue weighted by atomic mass is 9.73. The molecule has 1 heterocycles. The molecular weight excluding hydrogens is 264 g/mol. The summed E-state index contributed by atoms with van der Waals surface area (Å²) in [6.45, 7) is 4.45. The SMILES string of the molecule is CC1(C)CCCCC1NC(=O)c1ccc2c(c1)CC(=O)N2. The summed E-state index contributed by atoms with van der Waals surface area (Å²) in [4.78, 5) is 23.8. The Kier molecular flexibility index (Phi) is 3.47. The standard InChI is InChI=1S/C17H22N2O2/c1-17(2)8-4-3-5-14(17)19-16(21)11-6-7-13-12(9-11)10-15(20)18-13/h6-7,9,14H,3-5,8,10H2,1-2H3,(H,18,20)(H,19,21). The summed E-state index contributed by atoms with van der Waals surface area (Å²) in [6, 6.07) is 5.67. The Morgan fingerprint density at radius 2 is 2.14 bits per heavy atom. The minimum Gasteiger partial charge on any atom is -0.349 e. The van der Waals surface area contributed by atoms with Gasteiger partial charge in [0, 0.05) is 17.3 Å². The zero-order valence-corrected chi connectivity index (χ0v) is 12.7. The van der Waals surface area contributed by atoms with Gasteiger partial charge in [0.2, 0.25) is 5.91 Å². The van der Waals surface area contributed by atoms with Crippen molar-refractivity contribution in [3.05, 3.63) is 29.3 Å². The molecule has 0 saturated heterocycles. The first-order valence-corrected chi connectivity index (χ1v) is 7.69. The Hall–Kier alpha value is -1.84. The molecule has 1 unspecified atom stereocenters.